The maximum absolute atomic E-state index is 12.7. The van der Waals surface area contributed by atoms with Gasteiger partial charge in [-0.2, -0.15) is 0 Å². The zero-order chi connectivity index (χ0) is 20.4. The number of hydrogen-bond acceptors (Lipinski definition) is 5. The molecule has 1 atom stereocenters. The molecule has 2 heterocycles. The second-order valence-electron chi connectivity index (χ2n) is 6.82. The van der Waals surface area contributed by atoms with E-state index >= 15 is 0 Å². The molecular formula is C22H19N3O4. The molecule has 0 saturated carbocycles. The SMILES string of the molecule is COC(=O)c1cccc(NC(=O)C2CC(=O)N(c3cccc4cccnc34)C2)c1. The molecule has 0 spiro atoms. The van der Waals surface area contributed by atoms with Crippen LogP contribution in [0, 0.1) is 5.92 Å². The molecule has 1 unspecified atom stereocenters. The Morgan fingerprint density at radius 2 is 1.93 bits per heavy atom. The predicted molar refractivity (Wildman–Crippen MR) is 109 cm³/mol. The number of aromatic nitrogens is 1. The molecule has 29 heavy (non-hydrogen) atoms. The number of rotatable bonds is 4. The summed E-state index contributed by atoms with van der Waals surface area (Å²) in [5.74, 6) is -1.36. The number of pyridine rings is 1. The highest BCUT2D eigenvalue weighted by molar-refractivity contribution is 6.07. The number of hydrogen-bond donors (Lipinski definition) is 1. The standard InChI is InChI=1S/C22H19N3O4/c1-29-22(28)15-6-2-8-17(11-15)24-21(27)16-12-19(26)25(13-16)18-9-3-5-14-7-4-10-23-20(14)18/h2-11,16H,12-13H2,1H3,(H,24,27). The number of carbonyl (C=O) groups is 3. The van der Waals surface area contributed by atoms with E-state index < -0.39 is 11.9 Å². The smallest absolute Gasteiger partial charge is 0.337 e. The second kappa shape index (κ2) is 7.71. The third kappa shape index (κ3) is 3.67. The zero-order valence-corrected chi connectivity index (χ0v) is 15.8. The molecule has 4 rings (SSSR count). The van der Waals surface area contributed by atoms with Gasteiger partial charge in [0, 0.05) is 30.2 Å². The summed E-state index contributed by atoms with van der Waals surface area (Å²) in [5, 5.41) is 3.73. The van der Waals surface area contributed by atoms with Gasteiger partial charge in [-0.25, -0.2) is 4.79 Å². The topological polar surface area (TPSA) is 88.6 Å². The summed E-state index contributed by atoms with van der Waals surface area (Å²) >= 11 is 0. The quantitative estimate of drug-likeness (QED) is 0.693. The summed E-state index contributed by atoms with van der Waals surface area (Å²) in [6.07, 6.45) is 1.80. The first-order chi connectivity index (χ1) is 14.1. The molecule has 3 aromatic rings. The number of anilines is 2. The highest BCUT2D eigenvalue weighted by atomic mass is 16.5. The second-order valence-corrected chi connectivity index (χ2v) is 6.82. The summed E-state index contributed by atoms with van der Waals surface area (Å²) < 4.78 is 4.70. The van der Waals surface area contributed by atoms with Crippen LogP contribution in [0.5, 0.6) is 0 Å². The Morgan fingerprint density at radius 3 is 2.76 bits per heavy atom. The van der Waals surface area contributed by atoms with Crippen LogP contribution >= 0.6 is 0 Å². The normalized spacial score (nSPS) is 16.1. The minimum atomic E-state index is -0.497. The molecule has 0 radical (unpaired) electrons. The van der Waals surface area contributed by atoms with E-state index in [0.717, 1.165) is 10.9 Å². The molecule has 1 N–H and O–H groups in total. The monoisotopic (exact) mass is 389 g/mol. The number of nitrogens with one attached hydrogen (secondary N) is 1. The molecule has 2 amide bonds. The number of ether oxygens (including phenoxy) is 1. The van der Waals surface area contributed by atoms with E-state index in [1.807, 2.05) is 30.3 Å². The van der Waals surface area contributed by atoms with Crippen LogP contribution in [0.15, 0.2) is 60.8 Å². The van der Waals surface area contributed by atoms with Crippen LogP contribution in [0.1, 0.15) is 16.8 Å². The molecule has 7 nitrogen and oxygen atoms in total. The van der Waals surface area contributed by atoms with Crippen molar-refractivity contribution < 1.29 is 19.1 Å². The lowest BCUT2D eigenvalue weighted by molar-refractivity contribution is -0.122. The lowest BCUT2D eigenvalue weighted by atomic mass is 10.1. The number of para-hydroxylation sites is 1. The van der Waals surface area contributed by atoms with Gasteiger partial charge in [-0.15, -0.1) is 0 Å². The van der Waals surface area contributed by atoms with Crippen molar-refractivity contribution >= 4 is 40.1 Å². The van der Waals surface area contributed by atoms with Crippen molar-refractivity contribution in [2.24, 2.45) is 5.92 Å². The van der Waals surface area contributed by atoms with Crippen LogP contribution < -0.4 is 10.2 Å². The summed E-state index contributed by atoms with van der Waals surface area (Å²) in [6.45, 7) is 0.275. The number of amides is 2. The van der Waals surface area contributed by atoms with E-state index in [1.165, 1.54) is 7.11 Å². The van der Waals surface area contributed by atoms with Crippen LogP contribution in [0.2, 0.25) is 0 Å². The van der Waals surface area contributed by atoms with Crippen molar-refractivity contribution in [1.82, 2.24) is 4.98 Å². The number of esters is 1. The fourth-order valence-electron chi connectivity index (χ4n) is 3.51. The van der Waals surface area contributed by atoms with Crippen LogP contribution in [-0.4, -0.2) is 36.4 Å². The zero-order valence-electron chi connectivity index (χ0n) is 15.8. The van der Waals surface area contributed by atoms with Gasteiger partial charge in [0.05, 0.1) is 29.8 Å². The van der Waals surface area contributed by atoms with Crippen LogP contribution in [0.25, 0.3) is 10.9 Å². The maximum Gasteiger partial charge on any atom is 0.337 e. The number of nitrogens with zero attached hydrogens (tertiary/aromatic N) is 2. The van der Waals surface area contributed by atoms with Crippen molar-refractivity contribution in [2.45, 2.75) is 6.42 Å². The van der Waals surface area contributed by atoms with E-state index in [2.05, 4.69) is 10.3 Å². The molecule has 1 aliphatic rings. The lowest BCUT2D eigenvalue weighted by Crippen LogP contribution is -2.28. The van der Waals surface area contributed by atoms with E-state index in [4.69, 9.17) is 4.74 Å². The molecule has 2 aromatic carbocycles. The third-order valence-electron chi connectivity index (χ3n) is 4.95. The highest BCUT2D eigenvalue weighted by Gasteiger charge is 2.36. The first kappa shape index (κ1) is 18.6. The summed E-state index contributed by atoms with van der Waals surface area (Å²) in [6, 6.07) is 15.9. The molecule has 1 fully saturated rings. The molecule has 1 aliphatic heterocycles. The summed E-state index contributed by atoms with van der Waals surface area (Å²) in [5.41, 5.74) is 2.26. The molecular weight excluding hydrogens is 370 g/mol. The first-order valence-electron chi connectivity index (χ1n) is 9.20. The van der Waals surface area contributed by atoms with Gasteiger partial charge >= 0.3 is 5.97 Å². The fourth-order valence-corrected chi connectivity index (χ4v) is 3.51. The Labute approximate surface area is 167 Å². The Morgan fingerprint density at radius 1 is 1.14 bits per heavy atom. The highest BCUT2D eigenvalue weighted by Crippen LogP contribution is 2.31. The van der Waals surface area contributed by atoms with Gasteiger partial charge in [-0.1, -0.05) is 24.3 Å². The number of methoxy groups -OCH3 is 1. The summed E-state index contributed by atoms with van der Waals surface area (Å²) in [7, 11) is 1.30. The first-order valence-corrected chi connectivity index (χ1v) is 9.20. The Balaban J connectivity index is 1.52. The Hall–Kier alpha value is -3.74. The van der Waals surface area contributed by atoms with Crippen LogP contribution in [0.3, 0.4) is 0 Å². The van der Waals surface area contributed by atoms with Crippen molar-refractivity contribution in [1.29, 1.82) is 0 Å². The van der Waals surface area contributed by atoms with Crippen molar-refractivity contribution in [3.8, 4) is 0 Å². The van der Waals surface area contributed by atoms with E-state index in [0.29, 0.717) is 16.9 Å². The Kier molecular flexibility index (Phi) is 4.95. The molecule has 1 aromatic heterocycles. The fraction of sp³-hybridized carbons (Fsp3) is 0.182. The van der Waals surface area contributed by atoms with Gasteiger partial charge in [0.1, 0.15) is 0 Å². The largest absolute Gasteiger partial charge is 0.465 e. The number of carbonyl (C=O) groups excluding carboxylic acids is 3. The average molecular weight is 389 g/mol. The maximum atomic E-state index is 12.7. The lowest BCUT2D eigenvalue weighted by Gasteiger charge is -2.18. The third-order valence-corrected chi connectivity index (χ3v) is 4.95. The van der Waals surface area contributed by atoms with Crippen LogP contribution in [0.4, 0.5) is 11.4 Å². The Bertz CT molecular complexity index is 1110. The van der Waals surface area contributed by atoms with Gasteiger partial charge < -0.3 is 15.0 Å². The number of benzene rings is 2. The minimum Gasteiger partial charge on any atom is -0.465 e. The van der Waals surface area contributed by atoms with Gasteiger partial charge in [-0.05, 0) is 30.3 Å². The number of fused-ring (bicyclic) bond motifs is 1. The molecule has 7 heteroatoms. The van der Waals surface area contributed by atoms with E-state index in [9.17, 15) is 14.4 Å². The van der Waals surface area contributed by atoms with Crippen molar-refractivity contribution in [3.05, 3.63) is 66.4 Å². The van der Waals surface area contributed by atoms with Crippen LogP contribution in [-0.2, 0) is 14.3 Å². The van der Waals surface area contributed by atoms with Crippen molar-refractivity contribution in [2.75, 3.05) is 23.9 Å². The predicted octanol–water partition coefficient (Wildman–Crippen LogP) is 3.01. The molecule has 0 bridgehead atoms. The average Bonchev–Trinajstić information content (AvgIpc) is 3.14. The van der Waals surface area contributed by atoms with Gasteiger partial charge in [0.25, 0.3) is 0 Å². The van der Waals surface area contributed by atoms with Gasteiger partial charge in [0.15, 0.2) is 0 Å². The van der Waals surface area contributed by atoms with E-state index in [-0.39, 0.29) is 24.8 Å². The molecule has 1 saturated heterocycles. The molecule has 0 aliphatic carbocycles. The minimum absolute atomic E-state index is 0.117. The van der Waals surface area contributed by atoms with Gasteiger partial charge in [-0.3, -0.25) is 14.6 Å². The summed E-state index contributed by atoms with van der Waals surface area (Å²) in [4.78, 5) is 43.0. The van der Waals surface area contributed by atoms with Crippen molar-refractivity contribution in [3.63, 3.8) is 0 Å². The van der Waals surface area contributed by atoms with Gasteiger partial charge in [0.2, 0.25) is 11.8 Å². The van der Waals surface area contributed by atoms with E-state index in [1.54, 1.807) is 35.4 Å². The molecule has 146 valence electrons.